The van der Waals surface area contributed by atoms with Crippen molar-refractivity contribution < 1.29 is 28.1 Å². The van der Waals surface area contributed by atoms with Gasteiger partial charge >= 0.3 is 5.97 Å². The number of hydrogen-bond acceptors (Lipinski definition) is 5. The van der Waals surface area contributed by atoms with Gasteiger partial charge in [-0.05, 0) is 82.1 Å². The van der Waals surface area contributed by atoms with Gasteiger partial charge in [0.1, 0.15) is 11.5 Å². The lowest BCUT2D eigenvalue weighted by atomic mass is 9.87. The highest BCUT2D eigenvalue weighted by atomic mass is 79.9. The molecule has 4 rings (SSSR count). The van der Waals surface area contributed by atoms with Crippen LogP contribution in [0.15, 0.2) is 59.2 Å². The normalized spacial score (nSPS) is 15.8. The molecule has 190 valence electrons. The summed E-state index contributed by atoms with van der Waals surface area (Å²) in [6.07, 6.45) is 3.59. The van der Waals surface area contributed by atoms with Crippen molar-refractivity contribution in [3.8, 4) is 17.4 Å². The number of carbonyl (C=O) groups is 1. The second kappa shape index (κ2) is 11.4. The number of anilines is 1. The number of pyridine rings is 1. The second-order valence-electron chi connectivity index (χ2n) is 8.78. The number of nitrogens with zero attached hydrogens (tertiary/aromatic N) is 2. The van der Waals surface area contributed by atoms with Crippen LogP contribution < -0.4 is 13.8 Å². The van der Waals surface area contributed by atoms with Crippen molar-refractivity contribution in [3.05, 3.63) is 75.9 Å². The Labute approximate surface area is 220 Å². The van der Waals surface area contributed by atoms with Gasteiger partial charge in [0.15, 0.2) is 6.61 Å². The van der Waals surface area contributed by atoms with Crippen molar-refractivity contribution in [3.63, 3.8) is 0 Å². The molecule has 0 bridgehead atoms. The molecule has 0 saturated heterocycles. The van der Waals surface area contributed by atoms with Crippen LogP contribution >= 0.6 is 15.9 Å². The van der Waals surface area contributed by atoms with Crippen LogP contribution in [0.1, 0.15) is 55.3 Å². The molecule has 0 aliphatic heterocycles. The molecule has 0 spiro atoms. The molecule has 1 aromatic heterocycles. The highest BCUT2D eigenvalue weighted by Crippen LogP contribution is 2.42. The third kappa shape index (κ3) is 5.88. The number of ether oxygens (including phenoxy) is 2. The number of halogens is 1. The lowest BCUT2D eigenvalue weighted by Gasteiger charge is -2.35. The van der Waals surface area contributed by atoms with Gasteiger partial charge in [-0.25, -0.2) is 14.0 Å². The molecule has 2 unspecified atom stereocenters. The van der Waals surface area contributed by atoms with Gasteiger partial charge in [0.05, 0.1) is 22.4 Å². The molecular weight excluding hydrogens is 548 g/mol. The number of hydrogen-bond donors (Lipinski definition) is 2. The molecule has 1 heterocycles. The summed E-state index contributed by atoms with van der Waals surface area (Å²) in [6, 6.07) is 14.5. The van der Waals surface area contributed by atoms with Gasteiger partial charge in [0, 0.05) is 0 Å². The molecule has 36 heavy (non-hydrogen) atoms. The van der Waals surface area contributed by atoms with Crippen LogP contribution in [-0.4, -0.2) is 31.4 Å². The van der Waals surface area contributed by atoms with E-state index in [-0.39, 0.29) is 0 Å². The molecule has 1 aliphatic rings. The smallest absolute Gasteiger partial charge is 0.341 e. The lowest BCUT2D eigenvalue weighted by molar-refractivity contribution is -0.139. The fourth-order valence-electron chi connectivity index (χ4n) is 4.35. The Morgan fingerprint density at radius 1 is 1.25 bits per heavy atom. The molecule has 0 radical (unpaired) electrons. The number of rotatable bonds is 9. The van der Waals surface area contributed by atoms with Crippen molar-refractivity contribution in [1.82, 2.24) is 4.98 Å². The minimum atomic E-state index is -2.34. The molecule has 0 amide bonds. The number of aromatic nitrogens is 1. The Hall–Kier alpha value is -2.95. The van der Waals surface area contributed by atoms with E-state index in [9.17, 15) is 13.6 Å². The summed E-state index contributed by atoms with van der Waals surface area (Å²) in [5.41, 5.74) is 3.27. The number of aliphatic carboxylic acids is 1. The van der Waals surface area contributed by atoms with E-state index in [2.05, 4.69) is 34.8 Å². The van der Waals surface area contributed by atoms with E-state index in [4.69, 9.17) is 14.6 Å². The van der Waals surface area contributed by atoms with Crippen LogP contribution in [0.2, 0.25) is 0 Å². The van der Waals surface area contributed by atoms with Crippen molar-refractivity contribution in [1.29, 1.82) is 0 Å². The molecule has 2 aromatic carbocycles. The predicted molar refractivity (Wildman–Crippen MR) is 141 cm³/mol. The van der Waals surface area contributed by atoms with E-state index < -0.39 is 29.9 Å². The first-order valence-electron chi connectivity index (χ1n) is 11.5. The highest BCUT2D eigenvalue weighted by molar-refractivity contribution is 9.10. The maximum Gasteiger partial charge on any atom is 0.341 e. The fourth-order valence-corrected chi connectivity index (χ4v) is 5.48. The first kappa shape index (κ1) is 26.1. The first-order valence-corrected chi connectivity index (χ1v) is 13.4. The Bertz CT molecular complexity index is 1290. The third-order valence-corrected chi connectivity index (χ3v) is 7.39. The average Bonchev–Trinajstić information content (AvgIpc) is 2.84. The summed E-state index contributed by atoms with van der Waals surface area (Å²) >= 11 is 1.16. The predicted octanol–water partition coefficient (Wildman–Crippen LogP) is 6.24. The quantitative estimate of drug-likeness (QED) is 0.291. The summed E-state index contributed by atoms with van der Waals surface area (Å²) < 4.78 is 36.2. The molecular formula is C26H27BrN2O6S. The molecule has 10 heteroatoms. The Balaban J connectivity index is 1.63. The van der Waals surface area contributed by atoms with E-state index in [1.54, 1.807) is 18.2 Å². The standard InChI is InChI=1S/C26H27BrN2O6S/c1-16(2)17-6-3-7-19(12-17)35-26-22(27)13-18(14-28-26)29(36(32)33)23-10-4-9-21-20(23)8-5-11-24(21)34-15-25(30)31/h3,5-8,11-14,16,23H,4,9-10,15H2,1-2H3,(H,30,31)(H,32,33). The minimum absolute atomic E-state index is 0.344. The topological polar surface area (TPSA) is 109 Å². The number of carboxylic acid groups (broad SMARTS) is 1. The first-order chi connectivity index (χ1) is 17.2. The fraction of sp³-hybridized carbons (Fsp3) is 0.308. The zero-order valence-corrected chi connectivity index (χ0v) is 22.3. The van der Waals surface area contributed by atoms with Crippen molar-refractivity contribution in [2.45, 2.75) is 45.1 Å². The number of fused-ring (bicyclic) bond motifs is 1. The second-order valence-corrected chi connectivity index (χ2v) is 10.5. The maximum absolute atomic E-state index is 12.6. The van der Waals surface area contributed by atoms with Crippen molar-refractivity contribution in [2.24, 2.45) is 0 Å². The number of benzene rings is 2. The van der Waals surface area contributed by atoms with Crippen molar-refractivity contribution >= 4 is 38.9 Å². The summed E-state index contributed by atoms with van der Waals surface area (Å²) in [7, 11) is 0. The van der Waals surface area contributed by atoms with Gasteiger partial charge in [0.25, 0.3) is 11.3 Å². The largest absolute Gasteiger partial charge is 0.482 e. The van der Waals surface area contributed by atoms with E-state index in [1.165, 1.54) is 10.5 Å². The van der Waals surface area contributed by atoms with E-state index in [0.717, 1.165) is 23.1 Å². The van der Waals surface area contributed by atoms with Crippen LogP contribution in [0.3, 0.4) is 0 Å². The van der Waals surface area contributed by atoms with Gasteiger partial charge < -0.3 is 14.6 Å². The Kier molecular flexibility index (Phi) is 8.28. The Morgan fingerprint density at radius 2 is 2.03 bits per heavy atom. The summed E-state index contributed by atoms with van der Waals surface area (Å²) in [5.74, 6) is 0.771. The maximum atomic E-state index is 12.6. The van der Waals surface area contributed by atoms with Gasteiger partial charge in [-0.15, -0.1) is 0 Å². The Morgan fingerprint density at radius 3 is 2.72 bits per heavy atom. The van der Waals surface area contributed by atoms with E-state index in [1.807, 2.05) is 30.3 Å². The monoisotopic (exact) mass is 574 g/mol. The van der Waals surface area contributed by atoms with Gasteiger partial charge in [-0.1, -0.05) is 38.1 Å². The number of carboxylic acids is 1. The molecule has 8 nitrogen and oxygen atoms in total. The van der Waals surface area contributed by atoms with Crippen molar-refractivity contribution in [2.75, 3.05) is 10.9 Å². The van der Waals surface area contributed by atoms with Crippen LogP contribution in [0.5, 0.6) is 17.4 Å². The average molecular weight is 575 g/mol. The zero-order chi connectivity index (χ0) is 25.8. The van der Waals surface area contributed by atoms with E-state index >= 15 is 0 Å². The molecule has 0 saturated carbocycles. The third-order valence-electron chi connectivity index (χ3n) is 6.02. The SMILES string of the molecule is CC(C)c1cccc(Oc2ncc(N(C3CCCc4c(OCC(=O)O)cccc43)S(=O)O)cc2Br)c1. The minimum Gasteiger partial charge on any atom is -0.482 e. The van der Waals surface area contributed by atoms with E-state index in [0.29, 0.717) is 46.3 Å². The molecule has 2 N–H and O–H groups in total. The van der Waals surface area contributed by atoms with Crippen LogP contribution in [-0.2, 0) is 22.5 Å². The summed E-state index contributed by atoms with van der Waals surface area (Å²) in [4.78, 5) is 15.4. The molecule has 0 fully saturated rings. The molecule has 1 aliphatic carbocycles. The molecule has 3 aromatic rings. The summed E-state index contributed by atoms with van der Waals surface area (Å²) in [5, 5.41) is 8.99. The van der Waals surface area contributed by atoms with Gasteiger partial charge in [0.2, 0.25) is 5.88 Å². The highest BCUT2D eigenvalue weighted by Gasteiger charge is 2.32. The van der Waals surface area contributed by atoms with Gasteiger partial charge in [-0.3, -0.25) is 8.86 Å². The molecule has 2 atom stereocenters. The van der Waals surface area contributed by atoms with Crippen LogP contribution in [0.4, 0.5) is 5.69 Å². The van der Waals surface area contributed by atoms with Crippen LogP contribution in [0, 0.1) is 0 Å². The zero-order valence-electron chi connectivity index (χ0n) is 19.9. The summed E-state index contributed by atoms with van der Waals surface area (Å²) in [6.45, 7) is 3.77. The van der Waals surface area contributed by atoms with Crippen LogP contribution in [0.25, 0.3) is 0 Å². The lowest BCUT2D eigenvalue weighted by Crippen LogP contribution is -2.33. The van der Waals surface area contributed by atoms with Gasteiger partial charge in [-0.2, -0.15) is 0 Å².